The van der Waals surface area contributed by atoms with E-state index in [0.717, 1.165) is 23.1 Å². The van der Waals surface area contributed by atoms with E-state index in [9.17, 15) is 4.79 Å². The number of carbonyl (C=O) groups excluding carboxylic acids is 1. The molecule has 1 amide bonds. The third kappa shape index (κ3) is 1.45. The molecule has 3 unspecified atom stereocenters. The number of nitrogens with zero attached hydrogens (tertiary/aromatic N) is 1. The minimum Gasteiger partial charge on any atom is -0.368 e. The van der Waals surface area contributed by atoms with Crippen LogP contribution in [0.15, 0.2) is 22.8 Å². The van der Waals surface area contributed by atoms with Crippen LogP contribution < -0.4 is 11.1 Å². The molecule has 1 aliphatic carbocycles. The Balaban J connectivity index is 1.97. The van der Waals surface area contributed by atoms with Crippen molar-refractivity contribution in [3.63, 3.8) is 0 Å². The van der Waals surface area contributed by atoms with Crippen molar-refractivity contribution in [3.05, 3.63) is 28.5 Å². The Morgan fingerprint density at radius 3 is 3.00 bits per heavy atom. The van der Waals surface area contributed by atoms with Crippen LogP contribution in [0.4, 0.5) is 0 Å². The molecule has 90 valence electrons. The molecule has 3 atom stereocenters. The molecule has 0 bridgehead atoms. The lowest BCUT2D eigenvalue weighted by Crippen LogP contribution is -2.42. The number of rotatable bonds is 2. The van der Waals surface area contributed by atoms with E-state index in [2.05, 4.69) is 33.2 Å². The predicted octanol–water partition coefficient (Wildman–Crippen LogP) is 1.30. The second kappa shape index (κ2) is 3.29. The summed E-state index contributed by atoms with van der Waals surface area (Å²) in [6.45, 7) is 2.19. The van der Waals surface area contributed by atoms with Crippen molar-refractivity contribution in [2.24, 2.45) is 11.1 Å². The number of halogens is 1. The van der Waals surface area contributed by atoms with Crippen LogP contribution in [0.5, 0.6) is 0 Å². The number of hydrogen-bond donors (Lipinski definition) is 2. The zero-order chi connectivity index (χ0) is 12.3. The van der Waals surface area contributed by atoms with Gasteiger partial charge in [-0.3, -0.25) is 10.1 Å². The molecule has 0 spiro atoms. The Kier molecular flexibility index (Phi) is 2.16. The van der Waals surface area contributed by atoms with Crippen LogP contribution in [0, 0.1) is 5.41 Å². The van der Waals surface area contributed by atoms with Crippen LogP contribution in [0.25, 0.3) is 0 Å². The lowest BCUT2D eigenvalue weighted by atomic mass is 9.98. The smallest absolute Gasteiger partial charge is 0.234 e. The zero-order valence-corrected chi connectivity index (χ0v) is 11.1. The molecule has 0 radical (unpaired) electrons. The number of fused-ring (bicyclic) bond motifs is 1. The molecule has 5 heteroatoms. The predicted molar refractivity (Wildman–Crippen MR) is 67.1 cm³/mol. The highest BCUT2D eigenvalue weighted by Crippen LogP contribution is 2.68. The fourth-order valence-corrected chi connectivity index (χ4v) is 3.45. The van der Waals surface area contributed by atoms with Crippen molar-refractivity contribution in [2.45, 2.75) is 31.3 Å². The summed E-state index contributed by atoms with van der Waals surface area (Å²) in [5.74, 6) is -0.271. The SMILES string of the molecule is CC12CC(C(N)=O)NC1(c1cccc(Br)n1)C2. The maximum atomic E-state index is 11.3. The van der Waals surface area contributed by atoms with Gasteiger partial charge in [-0.2, -0.15) is 0 Å². The molecule has 4 nitrogen and oxygen atoms in total. The fourth-order valence-electron chi connectivity index (χ4n) is 3.10. The van der Waals surface area contributed by atoms with E-state index in [1.165, 1.54) is 0 Å². The summed E-state index contributed by atoms with van der Waals surface area (Å²) in [5.41, 5.74) is 6.33. The van der Waals surface area contributed by atoms with Gasteiger partial charge in [-0.05, 0) is 46.3 Å². The maximum absolute atomic E-state index is 11.3. The van der Waals surface area contributed by atoms with Crippen molar-refractivity contribution in [2.75, 3.05) is 0 Å². The molecule has 1 saturated heterocycles. The molecule has 0 aromatic carbocycles. The molecular weight excluding hydrogens is 282 g/mol. The van der Waals surface area contributed by atoms with E-state index in [1.807, 2.05) is 18.2 Å². The third-order valence-corrected chi connectivity index (χ3v) is 4.57. The summed E-state index contributed by atoms with van der Waals surface area (Å²) in [5, 5.41) is 3.37. The average Bonchev–Trinajstić information content (AvgIpc) is 2.73. The molecule has 1 aromatic heterocycles. The van der Waals surface area contributed by atoms with Crippen LogP contribution in [-0.4, -0.2) is 16.9 Å². The number of hydrogen-bond acceptors (Lipinski definition) is 3. The second-order valence-corrected chi connectivity index (χ2v) is 6.10. The van der Waals surface area contributed by atoms with Gasteiger partial charge < -0.3 is 5.73 Å². The van der Waals surface area contributed by atoms with Crippen LogP contribution in [0.1, 0.15) is 25.5 Å². The van der Waals surface area contributed by atoms with Gasteiger partial charge in [-0.15, -0.1) is 0 Å². The molecule has 2 heterocycles. The summed E-state index contributed by atoms with van der Waals surface area (Å²) < 4.78 is 0.822. The van der Waals surface area contributed by atoms with Crippen molar-refractivity contribution in [1.82, 2.24) is 10.3 Å². The van der Waals surface area contributed by atoms with Crippen molar-refractivity contribution in [3.8, 4) is 0 Å². The Morgan fingerprint density at radius 2 is 2.41 bits per heavy atom. The van der Waals surface area contributed by atoms with Gasteiger partial charge in [0, 0.05) is 0 Å². The topological polar surface area (TPSA) is 68.0 Å². The van der Waals surface area contributed by atoms with E-state index in [-0.39, 0.29) is 22.9 Å². The number of aromatic nitrogens is 1. The molecule has 2 fully saturated rings. The van der Waals surface area contributed by atoms with E-state index < -0.39 is 0 Å². The van der Waals surface area contributed by atoms with Crippen molar-refractivity contribution < 1.29 is 4.79 Å². The first-order valence-electron chi connectivity index (χ1n) is 5.67. The summed E-state index contributed by atoms with van der Waals surface area (Å²) in [4.78, 5) is 15.8. The molecule has 2 aliphatic rings. The first-order valence-corrected chi connectivity index (χ1v) is 6.46. The van der Waals surface area contributed by atoms with E-state index in [0.29, 0.717) is 0 Å². The van der Waals surface area contributed by atoms with Gasteiger partial charge in [0.25, 0.3) is 0 Å². The fraction of sp³-hybridized carbons (Fsp3) is 0.500. The molecule has 1 aliphatic heterocycles. The Bertz CT molecular complexity index is 506. The molecule has 1 aromatic rings. The second-order valence-electron chi connectivity index (χ2n) is 5.29. The maximum Gasteiger partial charge on any atom is 0.234 e. The van der Waals surface area contributed by atoms with Crippen molar-refractivity contribution >= 4 is 21.8 Å². The molecule has 3 N–H and O–H groups in total. The van der Waals surface area contributed by atoms with Crippen LogP contribution in [0.2, 0.25) is 0 Å². The van der Waals surface area contributed by atoms with Gasteiger partial charge in [-0.1, -0.05) is 13.0 Å². The van der Waals surface area contributed by atoms with Crippen molar-refractivity contribution in [1.29, 1.82) is 0 Å². The number of nitrogens with one attached hydrogen (secondary N) is 1. The van der Waals surface area contributed by atoms with Crippen LogP contribution in [-0.2, 0) is 10.3 Å². The van der Waals surface area contributed by atoms with E-state index in [1.54, 1.807) is 0 Å². The minimum atomic E-state index is -0.271. The van der Waals surface area contributed by atoms with Gasteiger partial charge in [0.1, 0.15) is 4.60 Å². The first kappa shape index (κ1) is 11.2. The number of carbonyl (C=O) groups is 1. The lowest BCUT2D eigenvalue weighted by molar-refractivity contribution is -0.120. The van der Waals surface area contributed by atoms with Gasteiger partial charge in [0.2, 0.25) is 5.91 Å². The number of piperidine rings is 1. The highest BCUT2D eigenvalue weighted by molar-refractivity contribution is 9.10. The summed E-state index contributed by atoms with van der Waals surface area (Å²) in [7, 11) is 0. The van der Waals surface area contributed by atoms with Gasteiger partial charge in [0.15, 0.2) is 0 Å². The number of primary amides is 1. The quantitative estimate of drug-likeness (QED) is 0.808. The highest BCUT2D eigenvalue weighted by atomic mass is 79.9. The van der Waals surface area contributed by atoms with Gasteiger partial charge in [-0.25, -0.2) is 4.98 Å². The Morgan fingerprint density at radius 1 is 1.65 bits per heavy atom. The zero-order valence-electron chi connectivity index (χ0n) is 9.53. The van der Waals surface area contributed by atoms with E-state index >= 15 is 0 Å². The number of nitrogens with two attached hydrogens (primary N) is 1. The summed E-state index contributed by atoms with van der Waals surface area (Å²) in [6, 6.07) is 5.65. The average molecular weight is 296 g/mol. The first-order chi connectivity index (χ1) is 7.97. The Labute approximate surface area is 108 Å². The normalized spacial score (nSPS) is 38.8. The van der Waals surface area contributed by atoms with E-state index in [4.69, 9.17) is 5.73 Å². The standard InChI is InChI=1S/C12H14BrN3O/c1-11-5-7(10(14)17)16-12(11,6-11)8-3-2-4-9(13)15-8/h2-4,7,16H,5-6H2,1H3,(H2,14,17). The van der Waals surface area contributed by atoms with Gasteiger partial charge in [0.05, 0.1) is 17.3 Å². The Hall–Kier alpha value is -0.940. The molecule has 17 heavy (non-hydrogen) atoms. The largest absolute Gasteiger partial charge is 0.368 e. The minimum absolute atomic E-state index is 0.112. The number of amides is 1. The van der Waals surface area contributed by atoms with Crippen LogP contribution in [0.3, 0.4) is 0 Å². The summed E-state index contributed by atoms with van der Waals surface area (Å²) in [6.07, 6.45) is 1.82. The van der Waals surface area contributed by atoms with Crippen LogP contribution >= 0.6 is 15.9 Å². The lowest BCUT2D eigenvalue weighted by Gasteiger charge is -2.17. The third-order valence-electron chi connectivity index (χ3n) is 4.13. The highest BCUT2D eigenvalue weighted by Gasteiger charge is 2.71. The molecule has 3 rings (SSSR count). The molecular formula is C12H14BrN3O. The monoisotopic (exact) mass is 295 g/mol. The molecule has 1 saturated carbocycles. The summed E-state index contributed by atoms with van der Waals surface area (Å²) >= 11 is 3.38. The van der Waals surface area contributed by atoms with Gasteiger partial charge >= 0.3 is 0 Å². The number of pyridine rings is 1.